The molecule has 1 aliphatic rings. The second-order valence-corrected chi connectivity index (χ2v) is 11.6. The minimum Gasteiger partial charge on any atom is -0.495 e. The zero-order chi connectivity index (χ0) is 23.1. The number of ether oxygens (including phenoxy) is 1. The minimum atomic E-state index is -4.53. The van der Waals surface area contributed by atoms with Crippen molar-refractivity contribution in [2.75, 3.05) is 37.6 Å². The van der Waals surface area contributed by atoms with Gasteiger partial charge in [-0.1, -0.05) is 6.42 Å². The van der Waals surface area contributed by atoms with E-state index in [9.17, 15) is 17.7 Å². The van der Waals surface area contributed by atoms with Gasteiger partial charge >= 0.3 is 6.18 Å². The number of rotatable bonds is 7. The molecule has 0 saturated heterocycles. The first kappa shape index (κ1) is 22.5. The first-order valence-corrected chi connectivity index (χ1v) is 12.9. The molecule has 11 heteroatoms. The number of aromatic amines is 1. The van der Waals surface area contributed by atoms with Gasteiger partial charge < -0.3 is 24.9 Å². The molecule has 0 atom stereocenters. The van der Waals surface area contributed by atoms with Gasteiger partial charge in [-0.25, -0.2) is 0 Å². The summed E-state index contributed by atoms with van der Waals surface area (Å²) in [5.41, 5.74) is -0.219. The normalized spacial score (nSPS) is 14.9. The van der Waals surface area contributed by atoms with Crippen LogP contribution in [0.1, 0.15) is 24.8 Å². The van der Waals surface area contributed by atoms with Crippen LogP contribution in [0.3, 0.4) is 0 Å². The predicted molar refractivity (Wildman–Crippen MR) is 120 cm³/mol. The Bertz CT molecular complexity index is 1180. The average molecular weight is 467 g/mol. The molecule has 1 saturated carbocycles. The van der Waals surface area contributed by atoms with E-state index in [1.165, 1.54) is 7.11 Å². The molecule has 0 amide bonds. The molecular formula is C21H25F3N5O2P. The molecule has 2 heterocycles. The Morgan fingerprint density at radius 1 is 1.25 bits per heavy atom. The van der Waals surface area contributed by atoms with Crippen molar-refractivity contribution in [3.63, 3.8) is 0 Å². The summed E-state index contributed by atoms with van der Waals surface area (Å²) in [7, 11) is -1.01. The summed E-state index contributed by atoms with van der Waals surface area (Å²) < 4.78 is 58.4. The van der Waals surface area contributed by atoms with E-state index in [1.54, 1.807) is 31.5 Å². The molecule has 2 aromatic heterocycles. The van der Waals surface area contributed by atoms with Crippen molar-refractivity contribution in [1.29, 1.82) is 0 Å². The number of halogens is 3. The smallest absolute Gasteiger partial charge is 0.418 e. The van der Waals surface area contributed by atoms with Crippen LogP contribution in [-0.4, -0.2) is 41.9 Å². The Balaban J connectivity index is 1.72. The molecule has 7 nitrogen and oxygen atoms in total. The van der Waals surface area contributed by atoms with E-state index in [4.69, 9.17) is 4.74 Å². The van der Waals surface area contributed by atoms with Crippen LogP contribution in [0.25, 0.3) is 11.0 Å². The van der Waals surface area contributed by atoms with E-state index in [2.05, 4.69) is 25.6 Å². The molecular weight excluding hydrogens is 442 g/mol. The molecule has 1 aliphatic carbocycles. The van der Waals surface area contributed by atoms with Gasteiger partial charge in [-0.15, -0.1) is 0 Å². The fourth-order valence-corrected chi connectivity index (χ4v) is 4.48. The van der Waals surface area contributed by atoms with Gasteiger partial charge in [0.15, 0.2) is 0 Å². The molecule has 4 rings (SSSR count). The van der Waals surface area contributed by atoms with E-state index < -0.39 is 18.9 Å². The van der Waals surface area contributed by atoms with Crippen molar-refractivity contribution < 1.29 is 22.5 Å². The summed E-state index contributed by atoms with van der Waals surface area (Å²) in [6.45, 7) is 3.87. The van der Waals surface area contributed by atoms with Crippen LogP contribution in [-0.2, 0) is 10.7 Å². The minimum absolute atomic E-state index is 0.0770. The number of methoxy groups -OCH3 is 1. The lowest BCUT2D eigenvalue weighted by atomic mass is 9.85. The maximum atomic E-state index is 13.5. The Morgan fingerprint density at radius 2 is 2.00 bits per heavy atom. The van der Waals surface area contributed by atoms with Crippen molar-refractivity contribution in [3.05, 3.63) is 30.0 Å². The van der Waals surface area contributed by atoms with Gasteiger partial charge in [-0.3, -0.25) is 0 Å². The van der Waals surface area contributed by atoms with Crippen molar-refractivity contribution in [3.8, 4) is 5.75 Å². The second-order valence-electron chi connectivity index (χ2n) is 8.36. The van der Waals surface area contributed by atoms with E-state index in [0.717, 1.165) is 25.5 Å². The van der Waals surface area contributed by atoms with E-state index in [0.29, 0.717) is 29.2 Å². The van der Waals surface area contributed by atoms with Gasteiger partial charge in [0.25, 0.3) is 0 Å². The summed E-state index contributed by atoms with van der Waals surface area (Å²) in [5, 5.41) is 6.68. The molecule has 0 unspecified atom stereocenters. The number of nitrogens with one attached hydrogen (secondary N) is 3. The topological polar surface area (TPSA) is 91.9 Å². The van der Waals surface area contributed by atoms with Gasteiger partial charge in [0, 0.05) is 18.0 Å². The number of hydrogen-bond donors (Lipinski definition) is 3. The molecule has 0 bridgehead atoms. The lowest BCUT2D eigenvalue weighted by molar-refractivity contribution is -0.136. The molecule has 1 fully saturated rings. The lowest BCUT2D eigenvalue weighted by Gasteiger charge is -2.26. The van der Waals surface area contributed by atoms with Crippen molar-refractivity contribution in [2.24, 2.45) is 5.92 Å². The third-order valence-electron chi connectivity index (χ3n) is 5.67. The molecule has 0 radical (unpaired) electrons. The van der Waals surface area contributed by atoms with Gasteiger partial charge in [0.05, 0.1) is 23.7 Å². The zero-order valence-electron chi connectivity index (χ0n) is 18.0. The Kier molecular flexibility index (Phi) is 5.83. The van der Waals surface area contributed by atoms with Gasteiger partial charge in [-0.2, -0.15) is 23.1 Å². The van der Waals surface area contributed by atoms with Crippen LogP contribution in [0.5, 0.6) is 5.75 Å². The first-order chi connectivity index (χ1) is 15.1. The molecule has 0 spiro atoms. The number of H-pyrrole nitrogens is 1. The average Bonchev–Trinajstić information content (AvgIpc) is 3.10. The number of hydrogen-bond acceptors (Lipinski definition) is 6. The van der Waals surface area contributed by atoms with Crippen LogP contribution in [0.2, 0.25) is 0 Å². The number of fused-ring (bicyclic) bond motifs is 1. The maximum absolute atomic E-state index is 13.5. The van der Waals surface area contributed by atoms with Crippen molar-refractivity contribution >= 4 is 40.9 Å². The monoisotopic (exact) mass is 467 g/mol. The second kappa shape index (κ2) is 8.31. The van der Waals surface area contributed by atoms with Crippen LogP contribution >= 0.6 is 7.14 Å². The van der Waals surface area contributed by atoms with Crippen LogP contribution in [0, 0.1) is 5.92 Å². The Hall–Kier alpha value is -2.74. The fourth-order valence-electron chi connectivity index (χ4n) is 3.62. The molecule has 3 aromatic rings. The van der Waals surface area contributed by atoms with E-state index >= 15 is 0 Å². The van der Waals surface area contributed by atoms with Crippen molar-refractivity contribution in [2.45, 2.75) is 25.4 Å². The summed E-state index contributed by atoms with van der Waals surface area (Å²) in [4.78, 5) is 11.2. The molecule has 172 valence electrons. The third kappa shape index (κ3) is 4.55. The molecule has 32 heavy (non-hydrogen) atoms. The first-order valence-electron chi connectivity index (χ1n) is 10.3. The van der Waals surface area contributed by atoms with E-state index in [-0.39, 0.29) is 22.8 Å². The highest BCUT2D eigenvalue weighted by Gasteiger charge is 2.36. The van der Waals surface area contributed by atoms with Crippen LogP contribution < -0.4 is 20.7 Å². The fraction of sp³-hybridized carbons (Fsp3) is 0.429. The zero-order valence-corrected chi connectivity index (χ0v) is 18.9. The highest BCUT2D eigenvalue weighted by atomic mass is 31.2. The number of nitrogens with zero attached hydrogens (tertiary/aromatic N) is 2. The summed E-state index contributed by atoms with van der Waals surface area (Å²) in [6.07, 6.45) is -0.389. The SMILES string of the molecule is COc1cc(P(C)(C)=O)ccc1Nc1nc(NCC2CCC2)c2c(C(F)(F)F)c[nH]c2n1. The largest absolute Gasteiger partial charge is 0.495 e. The number of aromatic nitrogens is 3. The highest BCUT2D eigenvalue weighted by Crippen LogP contribution is 2.40. The summed E-state index contributed by atoms with van der Waals surface area (Å²) >= 11 is 0. The standard InChI is InChI=1S/C21H25F3N5O2P/c1-31-16-9-13(32(2,3)30)7-8-15(16)27-20-28-18(25-10-12-5-4-6-12)17-14(21(22,23)24)11-26-19(17)29-20/h7-9,11-12H,4-6,10H2,1-3H3,(H3,25,26,27,28,29). The van der Waals surface area contributed by atoms with E-state index in [1.807, 2.05) is 0 Å². The van der Waals surface area contributed by atoms with Crippen molar-refractivity contribution in [1.82, 2.24) is 15.0 Å². The Labute approximate surface area is 183 Å². The Morgan fingerprint density at radius 3 is 2.59 bits per heavy atom. The van der Waals surface area contributed by atoms with Gasteiger partial charge in [-0.05, 0) is 50.3 Å². The van der Waals surface area contributed by atoms with Crippen LogP contribution in [0.4, 0.5) is 30.6 Å². The number of benzene rings is 1. The molecule has 3 N–H and O–H groups in total. The molecule has 0 aliphatic heterocycles. The highest BCUT2D eigenvalue weighted by molar-refractivity contribution is 7.70. The maximum Gasteiger partial charge on any atom is 0.418 e. The molecule has 1 aromatic carbocycles. The lowest BCUT2D eigenvalue weighted by Crippen LogP contribution is -2.22. The number of anilines is 3. The quantitative estimate of drug-likeness (QED) is 0.415. The predicted octanol–water partition coefficient (Wildman–Crippen LogP) is 5.19. The van der Waals surface area contributed by atoms with Gasteiger partial charge in [0.1, 0.15) is 24.4 Å². The van der Waals surface area contributed by atoms with Gasteiger partial charge in [0.2, 0.25) is 5.95 Å². The number of alkyl halides is 3. The summed E-state index contributed by atoms with van der Waals surface area (Å²) in [6, 6.07) is 5.09. The van der Waals surface area contributed by atoms with Crippen LogP contribution in [0.15, 0.2) is 24.4 Å². The third-order valence-corrected chi connectivity index (χ3v) is 7.20. The summed E-state index contributed by atoms with van der Waals surface area (Å²) in [5.74, 6) is 1.10.